The molecule has 0 amide bonds. The van der Waals surface area contributed by atoms with E-state index < -0.39 is 0 Å². The first kappa shape index (κ1) is 13.9. The molecule has 3 heteroatoms. The van der Waals surface area contributed by atoms with E-state index in [-0.39, 0.29) is 0 Å². The molecule has 1 fully saturated rings. The predicted molar refractivity (Wildman–Crippen MR) is 70.6 cm³/mol. The van der Waals surface area contributed by atoms with Crippen molar-refractivity contribution in [2.75, 3.05) is 26.2 Å². The van der Waals surface area contributed by atoms with Crippen molar-refractivity contribution in [1.29, 1.82) is 0 Å². The van der Waals surface area contributed by atoms with Crippen molar-refractivity contribution in [3.63, 3.8) is 0 Å². The number of nitrogens with one attached hydrogen (secondary N) is 1. The van der Waals surface area contributed by atoms with Crippen molar-refractivity contribution in [2.24, 2.45) is 5.73 Å². The zero-order valence-electron chi connectivity index (χ0n) is 11.0. The second-order valence-corrected chi connectivity index (χ2v) is 5.01. The molecule has 0 heterocycles. The van der Waals surface area contributed by atoms with Gasteiger partial charge in [0.2, 0.25) is 0 Å². The predicted octanol–water partition coefficient (Wildman–Crippen LogP) is 1.58. The van der Waals surface area contributed by atoms with Crippen LogP contribution in [0.5, 0.6) is 0 Å². The number of rotatable bonds is 7. The minimum absolute atomic E-state index is 0.434. The summed E-state index contributed by atoms with van der Waals surface area (Å²) in [6.45, 7) is 9.17. The first-order valence-electron chi connectivity index (χ1n) is 6.97. The molecule has 0 aromatic heterocycles. The van der Waals surface area contributed by atoms with Crippen LogP contribution in [-0.4, -0.2) is 43.2 Å². The maximum absolute atomic E-state index is 5.98. The Labute approximate surface area is 101 Å². The van der Waals surface area contributed by atoms with Gasteiger partial charge in [0.15, 0.2) is 0 Å². The highest BCUT2D eigenvalue weighted by atomic mass is 15.1. The minimum Gasteiger partial charge on any atom is -0.328 e. The molecule has 0 saturated heterocycles. The van der Waals surface area contributed by atoms with E-state index in [2.05, 4.69) is 24.1 Å². The molecular weight excluding hydrogens is 198 g/mol. The Kier molecular flexibility index (Phi) is 7.01. The fourth-order valence-corrected chi connectivity index (χ4v) is 2.58. The minimum atomic E-state index is 0.434. The molecule has 16 heavy (non-hydrogen) atoms. The van der Waals surface area contributed by atoms with Gasteiger partial charge in [-0.05, 0) is 38.8 Å². The summed E-state index contributed by atoms with van der Waals surface area (Å²) in [6.07, 6.45) is 6.25. The number of hydrogen-bond acceptors (Lipinski definition) is 3. The standard InChI is InChI=1S/C13H29N3/c1-3-9-16(4-2)10-8-15-13-7-5-6-12(14)11-13/h12-13,15H,3-11,14H2,1-2H3. The van der Waals surface area contributed by atoms with Crippen LogP contribution in [0.3, 0.4) is 0 Å². The van der Waals surface area contributed by atoms with Crippen LogP contribution in [0.1, 0.15) is 46.0 Å². The summed E-state index contributed by atoms with van der Waals surface area (Å²) < 4.78 is 0. The average molecular weight is 227 g/mol. The molecule has 2 unspecified atom stereocenters. The topological polar surface area (TPSA) is 41.3 Å². The van der Waals surface area contributed by atoms with Gasteiger partial charge >= 0.3 is 0 Å². The molecule has 1 saturated carbocycles. The van der Waals surface area contributed by atoms with Gasteiger partial charge < -0.3 is 16.0 Å². The van der Waals surface area contributed by atoms with Crippen LogP contribution in [0.4, 0.5) is 0 Å². The average Bonchev–Trinajstić information content (AvgIpc) is 2.28. The SMILES string of the molecule is CCCN(CC)CCNC1CCCC(N)C1. The van der Waals surface area contributed by atoms with Crippen molar-refractivity contribution in [1.82, 2.24) is 10.2 Å². The molecular formula is C13H29N3. The highest BCUT2D eigenvalue weighted by Crippen LogP contribution is 2.16. The molecule has 0 aromatic carbocycles. The van der Waals surface area contributed by atoms with Crippen LogP contribution >= 0.6 is 0 Å². The lowest BCUT2D eigenvalue weighted by Gasteiger charge is -2.28. The van der Waals surface area contributed by atoms with Crippen molar-refractivity contribution in [3.8, 4) is 0 Å². The lowest BCUT2D eigenvalue weighted by Crippen LogP contribution is -2.42. The summed E-state index contributed by atoms with van der Waals surface area (Å²) in [4.78, 5) is 2.51. The van der Waals surface area contributed by atoms with Gasteiger partial charge in [0, 0.05) is 25.2 Å². The summed E-state index contributed by atoms with van der Waals surface area (Å²) in [5.41, 5.74) is 5.98. The van der Waals surface area contributed by atoms with Crippen LogP contribution in [0.2, 0.25) is 0 Å². The van der Waals surface area contributed by atoms with Gasteiger partial charge in [-0.1, -0.05) is 20.3 Å². The molecule has 1 aliphatic carbocycles. The van der Waals surface area contributed by atoms with E-state index in [0.29, 0.717) is 12.1 Å². The zero-order valence-corrected chi connectivity index (χ0v) is 11.0. The first-order chi connectivity index (χ1) is 7.76. The molecule has 96 valence electrons. The van der Waals surface area contributed by atoms with Gasteiger partial charge in [0.1, 0.15) is 0 Å². The van der Waals surface area contributed by atoms with Crippen LogP contribution in [0.25, 0.3) is 0 Å². The highest BCUT2D eigenvalue weighted by molar-refractivity contribution is 4.79. The molecule has 2 atom stereocenters. The second-order valence-electron chi connectivity index (χ2n) is 5.01. The smallest absolute Gasteiger partial charge is 0.0107 e. The molecule has 3 nitrogen and oxygen atoms in total. The van der Waals surface area contributed by atoms with Crippen molar-refractivity contribution < 1.29 is 0 Å². The van der Waals surface area contributed by atoms with Gasteiger partial charge in [-0.15, -0.1) is 0 Å². The Hall–Kier alpha value is -0.120. The van der Waals surface area contributed by atoms with E-state index in [0.717, 1.165) is 6.54 Å². The summed E-state index contributed by atoms with van der Waals surface area (Å²) in [7, 11) is 0. The fraction of sp³-hybridized carbons (Fsp3) is 1.00. The first-order valence-corrected chi connectivity index (χ1v) is 6.97. The fourth-order valence-electron chi connectivity index (χ4n) is 2.58. The van der Waals surface area contributed by atoms with E-state index in [9.17, 15) is 0 Å². The normalized spacial score (nSPS) is 26.2. The molecule has 0 bridgehead atoms. The van der Waals surface area contributed by atoms with E-state index >= 15 is 0 Å². The van der Waals surface area contributed by atoms with Gasteiger partial charge in [-0.3, -0.25) is 0 Å². The Balaban J connectivity index is 2.09. The second kappa shape index (κ2) is 8.04. The van der Waals surface area contributed by atoms with Crippen LogP contribution in [0, 0.1) is 0 Å². The third-order valence-electron chi connectivity index (χ3n) is 3.56. The van der Waals surface area contributed by atoms with Gasteiger partial charge in [0.05, 0.1) is 0 Å². The summed E-state index contributed by atoms with van der Waals surface area (Å²) in [5.74, 6) is 0. The van der Waals surface area contributed by atoms with Gasteiger partial charge in [-0.25, -0.2) is 0 Å². The third-order valence-corrected chi connectivity index (χ3v) is 3.56. The molecule has 0 aromatic rings. The Morgan fingerprint density at radius 2 is 2.06 bits per heavy atom. The zero-order chi connectivity index (χ0) is 11.8. The number of hydrogen-bond donors (Lipinski definition) is 2. The lowest BCUT2D eigenvalue weighted by atomic mass is 9.92. The quantitative estimate of drug-likeness (QED) is 0.694. The van der Waals surface area contributed by atoms with E-state index in [1.807, 2.05) is 0 Å². The number of nitrogens with zero attached hydrogens (tertiary/aromatic N) is 1. The van der Waals surface area contributed by atoms with Gasteiger partial charge in [0.25, 0.3) is 0 Å². The monoisotopic (exact) mass is 227 g/mol. The molecule has 0 aliphatic heterocycles. The highest BCUT2D eigenvalue weighted by Gasteiger charge is 2.18. The number of likely N-dealkylation sites (N-methyl/N-ethyl adjacent to an activating group) is 1. The molecule has 1 aliphatic rings. The summed E-state index contributed by atoms with van der Waals surface area (Å²) in [6, 6.07) is 1.10. The van der Waals surface area contributed by atoms with E-state index in [1.165, 1.54) is 51.7 Å². The van der Waals surface area contributed by atoms with Crippen molar-refractivity contribution >= 4 is 0 Å². The van der Waals surface area contributed by atoms with Crippen LogP contribution in [0.15, 0.2) is 0 Å². The maximum atomic E-state index is 5.98. The lowest BCUT2D eigenvalue weighted by molar-refractivity contribution is 0.269. The molecule has 1 rings (SSSR count). The third kappa shape index (κ3) is 5.28. The Bertz CT molecular complexity index is 173. The van der Waals surface area contributed by atoms with Gasteiger partial charge in [-0.2, -0.15) is 0 Å². The molecule has 0 radical (unpaired) electrons. The summed E-state index contributed by atoms with van der Waals surface area (Å²) >= 11 is 0. The molecule has 3 N–H and O–H groups in total. The van der Waals surface area contributed by atoms with E-state index in [4.69, 9.17) is 5.73 Å². The van der Waals surface area contributed by atoms with Crippen molar-refractivity contribution in [3.05, 3.63) is 0 Å². The Morgan fingerprint density at radius 3 is 2.69 bits per heavy atom. The largest absolute Gasteiger partial charge is 0.328 e. The maximum Gasteiger partial charge on any atom is 0.0107 e. The van der Waals surface area contributed by atoms with Crippen molar-refractivity contribution in [2.45, 2.75) is 58.0 Å². The number of nitrogens with two attached hydrogens (primary N) is 1. The molecule has 0 spiro atoms. The Morgan fingerprint density at radius 1 is 1.25 bits per heavy atom. The van der Waals surface area contributed by atoms with Crippen LogP contribution in [-0.2, 0) is 0 Å². The summed E-state index contributed by atoms with van der Waals surface area (Å²) in [5, 5.41) is 3.65. The van der Waals surface area contributed by atoms with E-state index in [1.54, 1.807) is 0 Å². The van der Waals surface area contributed by atoms with Crippen LogP contribution < -0.4 is 11.1 Å².